The van der Waals surface area contributed by atoms with Crippen LogP contribution < -0.4 is 24.4 Å². The summed E-state index contributed by atoms with van der Waals surface area (Å²) in [5.74, 6) is 3.15. The van der Waals surface area contributed by atoms with Crippen molar-refractivity contribution < 1.29 is 23.7 Å². The van der Waals surface area contributed by atoms with E-state index in [2.05, 4.69) is 20.2 Å². The predicted octanol–water partition coefficient (Wildman–Crippen LogP) is 5.43. The summed E-state index contributed by atoms with van der Waals surface area (Å²) < 4.78 is 22.5. The normalized spacial score (nSPS) is 18.0. The number of carbonyl (C=O) groups excluding carboxylic acids is 1. The molecule has 1 amide bonds. The van der Waals surface area contributed by atoms with Crippen molar-refractivity contribution in [3.05, 3.63) is 42.7 Å². The molecule has 1 saturated carbocycles. The lowest BCUT2D eigenvalue weighted by Gasteiger charge is -2.33. The van der Waals surface area contributed by atoms with Crippen LogP contribution in [0.5, 0.6) is 17.2 Å². The van der Waals surface area contributed by atoms with Crippen LogP contribution in [0, 0.1) is 5.92 Å². The van der Waals surface area contributed by atoms with Crippen LogP contribution >= 0.6 is 0 Å². The molecule has 1 saturated heterocycles. The van der Waals surface area contributed by atoms with E-state index in [1.807, 2.05) is 36.4 Å². The molecule has 0 radical (unpaired) electrons. The van der Waals surface area contributed by atoms with Crippen LogP contribution in [-0.4, -0.2) is 56.1 Å². The fourth-order valence-corrected chi connectivity index (χ4v) is 5.18. The van der Waals surface area contributed by atoms with Gasteiger partial charge in [0.2, 0.25) is 0 Å². The van der Waals surface area contributed by atoms with Gasteiger partial charge in [0.1, 0.15) is 17.9 Å². The van der Waals surface area contributed by atoms with E-state index in [-0.39, 0.29) is 5.92 Å². The Morgan fingerprint density at radius 1 is 1.00 bits per heavy atom. The van der Waals surface area contributed by atoms with Crippen molar-refractivity contribution in [1.82, 2.24) is 9.97 Å². The molecule has 9 nitrogen and oxygen atoms in total. The number of nitrogens with zero attached hydrogens (tertiary/aromatic N) is 3. The Bertz CT molecular complexity index is 1210. The van der Waals surface area contributed by atoms with Crippen LogP contribution in [0.1, 0.15) is 38.5 Å². The highest BCUT2D eigenvalue weighted by atomic mass is 16.5. The van der Waals surface area contributed by atoms with Gasteiger partial charge in [0.25, 0.3) is 0 Å². The van der Waals surface area contributed by atoms with Crippen LogP contribution in [-0.2, 0) is 4.74 Å². The van der Waals surface area contributed by atoms with E-state index >= 15 is 0 Å². The monoisotopic (exact) mass is 506 g/mol. The van der Waals surface area contributed by atoms with E-state index in [9.17, 15) is 4.79 Å². The van der Waals surface area contributed by atoms with E-state index < -0.39 is 6.09 Å². The molecule has 1 aliphatic heterocycles. The minimum absolute atomic E-state index is 0.201. The van der Waals surface area contributed by atoms with Crippen molar-refractivity contribution in [3.63, 3.8) is 0 Å². The molecule has 2 fully saturated rings. The number of rotatable bonds is 8. The number of anilines is 2. The Labute approximate surface area is 217 Å². The molecule has 1 N–H and O–H groups in total. The number of benzene rings is 2. The molecule has 5 rings (SSSR count). The lowest BCUT2D eigenvalue weighted by atomic mass is 9.98. The van der Waals surface area contributed by atoms with E-state index in [4.69, 9.17) is 18.9 Å². The molecule has 1 unspecified atom stereocenters. The summed E-state index contributed by atoms with van der Waals surface area (Å²) >= 11 is 0. The standard InChI is InChI=1S/C28H34N4O5/c1-34-25-14-23-24(15-26(25)35-2)29-18-30-27(23)32-13-5-6-19(16-32)17-36-28(33)31-20-9-11-22(12-10-20)37-21-7-3-4-8-21/h9-12,14-15,18-19,21H,3-8,13,16-17H2,1-2H3,(H,31,33). The molecule has 2 heterocycles. The van der Waals surface area contributed by atoms with Gasteiger partial charge in [-0.3, -0.25) is 5.32 Å². The van der Waals surface area contributed by atoms with Crippen molar-refractivity contribution in [2.24, 2.45) is 5.92 Å². The van der Waals surface area contributed by atoms with Crippen molar-refractivity contribution in [2.75, 3.05) is 44.1 Å². The summed E-state index contributed by atoms with van der Waals surface area (Å²) in [5.41, 5.74) is 1.48. The number of carbonyl (C=O) groups is 1. The quantitative estimate of drug-likeness (QED) is 0.432. The Balaban J connectivity index is 1.16. The molecule has 0 bridgehead atoms. The molecule has 37 heavy (non-hydrogen) atoms. The number of amides is 1. The van der Waals surface area contributed by atoms with Crippen molar-refractivity contribution >= 4 is 28.5 Å². The predicted molar refractivity (Wildman–Crippen MR) is 142 cm³/mol. The highest BCUT2D eigenvalue weighted by molar-refractivity contribution is 5.92. The second kappa shape index (κ2) is 11.5. The average Bonchev–Trinajstić information content (AvgIpc) is 3.45. The summed E-state index contributed by atoms with van der Waals surface area (Å²) in [6, 6.07) is 11.3. The highest BCUT2D eigenvalue weighted by Crippen LogP contribution is 2.36. The number of hydrogen-bond donors (Lipinski definition) is 1. The van der Waals surface area contributed by atoms with Gasteiger partial charge in [0.15, 0.2) is 11.5 Å². The van der Waals surface area contributed by atoms with Gasteiger partial charge in [-0.25, -0.2) is 14.8 Å². The molecule has 2 aromatic carbocycles. The Kier molecular flexibility index (Phi) is 7.77. The smallest absolute Gasteiger partial charge is 0.411 e. The maximum Gasteiger partial charge on any atom is 0.411 e. The van der Waals surface area contributed by atoms with Crippen molar-refractivity contribution in [1.29, 1.82) is 0 Å². The number of ether oxygens (including phenoxy) is 4. The molecule has 3 aromatic rings. The second-order valence-corrected chi connectivity index (χ2v) is 9.65. The third-order valence-electron chi connectivity index (χ3n) is 7.09. The van der Waals surface area contributed by atoms with Crippen LogP contribution in [0.2, 0.25) is 0 Å². The number of fused-ring (bicyclic) bond motifs is 1. The third kappa shape index (κ3) is 5.98. The average molecular weight is 507 g/mol. The Morgan fingerprint density at radius 2 is 1.76 bits per heavy atom. The van der Waals surface area contributed by atoms with Gasteiger partial charge in [-0.15, -0.1) is 0 Å². The van der Waals surface area contributed by atoms with E-state index in [1.165, 1.54) is 12.8 Å². The number of piperidine rings is 1. The van der Waals surface area contributed by atoms with Crippen LogP contribution in [0.25, 0.3) is 10.9 Å². The zero-order chi connectivity index (χ0) is 25.6. The number of methoxy groups -OCH3 is 2. The van der Waals surface area contributed by atoms with Crippen LogP contribution in [0.3, 0.4) is 0 Å². The second-order valence-electron chi connectivity index (χ2n) is 9.65. The largest absolute Gasteiger partial charge is 0.493 e. The van der Waals surface area contributed by atoms with Gasteiger partial charge in [-0.05, 0) is 68.9 Å². The number of aromatic nitrogens is 2. The van der Waals surface area contributed by atoms with E-state index in [0.717, 1.165) is 61.2 Å². The SMILES string of the molecule is COc1cc2ncnc(N3CCCC(COC(=O)Nc4ccc(OC5CCCC5)cc4)C3)c2cc1OC. The molecule has 1 aromatic heterocycles. The molecular weight excluding hydrogens is 472 g/mol. The minimum atomic E-state index is -0.453. The lowest BCUT2D eigenvalue weighted by Crippen LogP contribution is -2.38. The lowest BCUT2D eigenvalue weighted by molar-refractivity contribution is 0.135. The number of hydrogen-bond acceptors (Lipinski definition) is 8. The first kappa shape index (κ1) is 24.9. The Morgan fingerprint density at radius 3 is 2.51 bits per heavy atom. The third-order valence-corrected chi connectivity index (χ3v) is 7.09. The van der Waals surface area contributed by atoms with Gasteiger partial charge >= 0.3 is 6.09 Å². The topological polar surface area (TPSA) is 95.0 Å². The molecule has 196 valence electrons. The zero-order valence-electron chi connectivity index (χ0n) is 21.4. The van der Waals surface area contributed by atoms with Gasteiger partial charge < -0.3 is 23.8 Å². The summed E-state index contributed by atoms with van der Waals surface area (Å²) in [5, 5.41) is 3.72. The van der Waals surface area contributed by atoms with E-state index in [0.29, 0.717) is 29.9 Å². The van der Waals surface area contributed by atoms with Crippen molar-refractivity contribution in [3.8, 4) is 17.2 Å². The van der Waals surface area contributed by atoms with Crippen LogP contribution in [0.15, 0.2) is 42.7 Å². The van der Waals surface area contributed by atoms with Gasteiger partial charge in [0.05, 0.1) is 32.4 Å². The van der Waals surface area contributed by atoms with Gasteiger partial charge in [0, 0.05) is 36.1 Å². The first-order valence-corrected chi connectivity index (χ1v) is 12.9. The van der Waals surface area contributed by atoms with Gasteiger partial charge in [-0.2, -0.15) is 0 Å². The van der Waals surface area contributed by atoms with Crippen molar-refractivity contribution in [2.45, 2.75) is 44.6 Å². The molecule has 9 heteroatoms. The first-order chi connectivity index (χ1) is 18.1. The molecule has 0 spiro atoms. The molecule has 1 aliphatic carbocycles. The van der Waals surface area contributed by atoms with Gasteiger partial charge in [-0.1, -0.05) is 0 Å². The highest BCUT2D eigenvalue weighted by Gasteiger charge is 2.24. The summed E-state index contributed by atoms with van der Waals surface area (Å²) in [7, 11) is 3.23. The molecular formula is C28H34N4O5. The van der Waals surface area contributed by atoms with E-state index in [1.54, 1.807) is 20.5 Å². The summed E-state index contributed by atoms with van der Waals surface area (Å²) in [4.78, 5) is 23.7. The molecule has 1 atom stereocenters. The fraction of sp³-hybridized carbons (Fsp3) is 0.464. The van der Waals surface area contributed by atoms with Crippen LogP contribution in [0.4, 0.5) is 16.3 Å². The molecule has 2 aliphatic rings. The number of nitrogens with one attached hydrogen (secondary N) is 1. The summed E-state index contributed by atoms with van der Waals surface area (Å²) in [6.45, 7) is 1.95. The fourth-order valence-electron chi connectivity index (χ4n) is 5.18. The Hall–Kier alpha value is -3.75. The minimum Gasteiger partial charge on any atom is -0.493 e. The summed E-state index contributed by atoms with van der Waals surface area (Å²) in [6.07, 6.45) is 8.08. The first-order valence-electron chi connectivity index (χ1n) is 12.9. The zero-order valence-corrected chi connectivity index (χ0v) is 21.4. The maximum atomic E-state index is 12.5. The maximum absolute atomic E-state index is 12.5.